The van der Waals surface area contributed by atoms with E-state index in [1.165, 1.54) is 22.5 Å². The monoisotopic (exact) mass is 418 g/mol. The Bertz CT molecular complexity index is 991. The highest BCUT2D eigenvalue weighted by atomic mass is 32.2. The maximum Gasteiger partial charge on any atom is 0.245 e. The van der Waals surface area contributed by atoms with Crippen molar-refractivity contribution in [3.05, 3.63) is 59.9 Å². The van der Waals surface area contributed by atoms with Gasteiger partial charge in [-0.3, -0.25) is 4.79 Å². The van der Waals surface area contributed by atoms with Gasteiger partial charge in [0, 0.05) is 24.7 Å². The van der Waals surface area contributed by atoms with Crippen LogP contribution < -0.4 is 5.32 Å². The molecule has 1 saturated heterocycles. The molecule has 1 aliphatic heterocycles. The van der Waals surface area contributed by atoms with Crippen LogP contribution in [-0.2, 0) is 20.2 Å². The minimum Gasteiger partial charge on any atom is -0.326 e. The molecule has 1 heterocycles. The number of anilines is 1. The Morgan fingerprint density at radius 2 is 1.62 bits per heavy atom. The SMILES string of the molecule is CC(C)(C)c1ccccc1NC(=O)C1CCN(S(=O)(=O)c2ccccc2F)CC1. The molecular formula is C22H27FN2O3S. The molecule has 0 aromatic heterocycles. The summed E-state index contributed by atoms with van der Waals surface area (Å²) in [6, 6.07) is 13.1. The van der Waals surface area contributed by atoms with Crippen LogP contribution in [0.25, 0.3) is 0 Å². The van der Waals surface area contributed by atoms with Crippen molar-refractivity contribution in [1.82, 2.24) is 4.31 Å². The first kappa shape index (κ1) is 21.5. The molecule has 0 radical (unpaired) electrons. The molecule has 3 rings (SSSR count). The lowest BCUT2D eigenvalue weighted by atomic mass is 9.85. The Morgan fingerprint density at radius 3 is 2.24 bits per heavy atom. The van der Waals surface area contributed by atoms with Gasteiger partial charge >= 0.3 is 0 Å². The van der Waals surface area contributed by atoms with Crippen molar-refractivity contribution < 1.29 is 17.6 Å². The highest BCUT2D eigenvalue weighted by molar-refractivity contribution is 7.89. The van der Waals surface area contributed by atoms with Crippen molar-refractivity contribution in [2.24, 2.45) is 5.92 Å². The molecule has 1 fully saturated rings. The number of amides is 1. The third kappa shape index (κ3) is 4.67. The van der Waals surface area contributed by atoms with E-state index in [1.54, 1.807) is 0 Å². The zero-order chi connectivity index (χ0) is 21.2. The Hall–Kier alpha value is -2.25. The molecule has 0 unspecified atom stereocenters. The van der Waals surface area contributed by atoms with E-state index in [0.29, 0.717) is 12.8 Å². The fraction of sp³-hybridized carbons (Fsp3) is 0.409. The molecular weight excluding hydrogens is 391 g/mol. The van der Waals surface area contributed by atoms with Crippen LogP contribution in [0.1, 0.15) is 39.2 Å². The number of carbonyl (C=O) groups is 1. The van der Waals surface area contributed by atoms with Crippen LogP contribution in [-0.4, -0.2) is 31.7 Å². The van der Waals surface area contributed by atoms with E-state index < -0.39 is 15.8 Å². The molecule has 0 spiro atoms. The van der Waals surface area contributed by atoms with Gasteiger partial charge in [0.05, 0.1) is 0 Å². The van der Waals surface area contributed by atoms with Gasteiger partial charge in [0.1, 0.15) is 10.7 Å². The quantitative estimate of drug-likeness (QED) is 0.811. The van der Waals surface area contributed by atoms with Gasteiger partial charge < -0.3 is 5.32 Å². The van der Waals surface area contributed by atoms with Gasteiger partial charge in [-0.15, -0.1) is 0 Å². The summed E-state index contributed by atoms with van der Waals surface area (Å²) in [6.07, 6.45) is 0.800. The van der Waals surface area contributed by atoms with Crippen LogP contribution in [0.5, 0.6) is 0 Å². The summed E-state index contributed by atoms with van der Waals surface area (Å²) >= 11 is 0. The zero-order valence-corrected chi connectivity index (χ0v) is 17.8. The van der Waals surface area contributed by atoms with Crippen LogP contribution in [0.2, 0.25) is 0 Å². The minimum absolute atomic E-state index is 0.107. The first-order chi connectivity index (χ1) is 13.6. The van der Waals surface area contributed by atoms with Crippen LogP contribution in [0.3, 0.4) is 0 Å². The standard InChI is InChI=1S/C22H27FN2O3S/c1-22(2,3)17-8-4-6-10-19(17)24-21(26)16-12-14-25(15-13-16)29(27,28)20-11-7-5-9-18(20)23/h4-11,16H,12-15H2,1-3H3,(H,24,26). The fourth-order valence-corrected chi connectivity index (χ4v) is 5.17. The predicted molar refractivity (Wildman–Crippen MR) is 112 cm³/mol. The number of nitrogens with zero attached hydrogens (tertiary/aromatic N) is 1. The van der Waals surface area contributed by atoms with E-state index in [9.17, 15) is 17.6 Å². The van der Waals surface area contributed by atoms with Gasteiger partial charge in [-0.05, 0) is 42.0 Å². The minimum atomic E-state index is -3.90. The second-order valence-electron chi connectivity index (χ2n) is 8.39. The smallest absolute Gasteiger partial charge is 0.245 e. The van der Waals surface area contributed by atoms with E-state index >= 15 is 0 Å². The Morgan fingerprint density at radius 1 is 1.03 bits per heavy atom. The van der Waals surface area contributed by atoms with Crippen LogP contribution in [0.15, 0.2) is 53.4 Å². The van der Waals surface area contributed by atoms with Crippen LogP contribution in [0, 0.1) is 11.7 Å². The lowest BCUT2D eigenvalue weighted by molar-refractivity contribution is -0.120. The number of rotatable bonds is 4. The van der Waals surface area contributed by atoms with E-state index in [2.05, 4.69) is 26.1 Å². The Balaban J connectivity index is 1.67. The number of carbonyl (C=O) groups excluding carboxylic acids is 1. The molecule has 2 aromatic carbocycles. The van der Waals surface area contributed by atoms with Gasteiger partial charge in [0.2, 0.25) is 15.9 Å². The molecule has 1 aliphatic rings. The number of piperidine rings is 1. The lowest BCUT2D eigenvalue weighted by Crippen LogP contribution is -2.41. The third-order valence-electron chi connectivity index (χ3n) is 5.27. The number of nitrogens with one attached hydrogen (secondary N) is 1. The number of halogens is 1. The van der Waals surface area contributed by atoms with Crippen LogP contribution >= 0.6 is 0 Å². The van der Waals surface area contributed by atoms with Gasteiger partial charge in [0.25, 0.3) is 0 Å². The molecule has 29 heavy (non-hydrogen) atoms. The summed E-state index contributed by atoms with van der Waals surface area (Å²) in [6.45, 7) is 6.64. The molecule has 156 valence electrons. The molecule has 1 N–H and O–H groups in total. The molecule has 7 heteroatoms. The lowest BCUT2D eigenvalue weighted by Gasteiger charge is -2.31. The second kappa shape index (κ2) is 8.24. The highest BCUT2D eigenvalue weighted by Crippen LogP contribution is 2.31. The summed E-state index contributed by atoms with van der Waals surface area (Å²) < 4.78 is 40.6. The van der Waals surface area contributed by atoms with Crippen LogP contribution in [0.4, 0.5) is 10.1 Å². The largest absolute Gasteiger partial charge is 0.326 e. The van der Waals surface area contributed by atoms with E-state index in [1.807, 2.05) is 24.3 Å². The van der Waals surface area contributed by atoms with Crippen molar-refractivity contribution in [3.63, 3.8) is 0 Å². The summed E-state index contributed by atoms with van der Waals surface area (Å²) in [5, 5.41) is 3.01. The van der Waals surface area contributed by atoms with Crippen molar-refractivity contribution in [2.75, 3.05) is 18.4 Å². The first-order valence-corrected chi connectivity index (χ1v) is 11.2. The van der Waals surface area contributed by atoms with E-state index in [-0.39, 0.29) is 35.2 Å². The van der Waals surface area contributed by atoms with Gasteiger partial charge in [-0.2, -0.15) is 4.31 Å². The molecule has 0 atom stereocenters. The molecule has 0 saturated carbocycles. The fourth-order valence-electron chi connectivity index (χ4n) is 3.63. The number of hydrogen-bond donors (Lipinski definition) is 1. The van der Waals surface area contributed by atoms with Gasteiger partial charge in [-0.1, -0.05) is 51.1 Å². The summed E-state index contributed by atoms with van der Waals surface area (Å²) in [4.78, 5) is 12.5. The molecule has 1 amide bonds. The molecule has 5 nitrogen and oxygen atoms in total. The topological polar surface area (TPSA) is 66.5 Å². The predicted octanol–water partition coefficient (Wildman–Crippen LogP) is 4.16. The van der Waals surface area contributed by atoms with E-state index in [4.69, 9.17) is 0 Å². The Labute approximate surface area is 172 Å². The first-order valence-electron chi connectivity index (χ1n) is 9.76. The maximum absolute atomic E-state index is 14.0. The zero-order valence-electron chi connectivity index (χ0n) is 17.0. The second-order valence-corrected chi connectivity index (χ2v) is 10.3. The summed E-state index contributed by atoms with van der Waals surface area (Å²) in [7, 11) is -3.90. The Kier molecular flexibility index (Phi) is 6.10. The van der Waals surface area contributed by atoms with Crippen molar-refractivity contribution in [1.29, 1.82) is 0 Å². The number of hydrogen-bond acceptors (Lipinski definition) is 3. The molecule has 0 bridgehead atoms. The normalized spacial score (nSPS) is 16.6. The summed E-state index contributed by atoms with van der Waals surface area (Å²) in [5.41, 5.74) is 1.72. The molecule has 2 aromatic rings. The summed E-state index contributed by atoms with van der Waals surface area (Å²) in [5.74, 6) is -1.15. The number of benzene rings is 2. The molecule has 0 aliphatic carbocycles. The third-order valence-corrected chi connectivity index (χ3v) is 7.20. The van der Waals surface area contributed by atoms with Gasteiger partial charge in [0.15, 0.2) is 0 Å². The van der Waals surface area contributed by atoms with Crippen molar-refractivity contribution in [3.8, 4) is 0 Å². The maximum atomic E-state index is 14.0. The van der Waals surface area contributed by atoms with E-state index in [0.717, 1.165) is 17.3 Å². The number of para-hydroxylation sites is 1. The number of sulfonamides is 1. The van der Waals surface area contributed by atoms with Gasteiger partial charge in [-0.25, -0.2) is 12.8 Å². The van der Waals surface area contributed by atoms with Crippen molar-refractivity contribution in [2.45, 2.75) is 43.9 Å². The highest BCUT2D eigenvalue weighted by Gasteiger charge is 2.33. The van der Waals surface area contributed by atoms with Crippen molar-refractivity contribution >= 4 is 21.6 Å². The average Bonchev–Trinajstić information content (AvgIpc) is 2.68. The average molecular weight is 419 g/mol.